The molecule has 5 heteroatoms. The molecule has 0 aliphatic carbocycles. The summed E-state index contributed by atoms with van der Waals surface area (Å²) in [7, 11) is 0. The SMILES string of the molecule is Cc1cc(C)n(-c2ccc(C(=O)Nc3cccc4cccnc34)cc2)n1. The molecular weight excluding hydrogens is 324 g/mol. The number of carbonyl (C=O) groups is 1. The molecule has 0 saturated carbocycles. The zero-order chi connectivity index (χ0) is 18.1. The van der Waals surface area contributed by atoms with E-state index in [1.807, 2.05) is 67.1 Å². The van der Waals surface area contributed by atoms with Crippen LogP contribution in [0.5, 0.6) is 0 Å². The first-order valence-corrected chi connectivity index (χ1v) is 8.40. The maximum absolute atomic E-state index is 12.6. The van der Waals surface area contributed by atoms with Gasteiger partial charge in [-0.2, -0.15) is 5.10 Å². The minimum absolute atomic E-state index is 0.164. The Morgan fingerprint density at radius 3 is 2.50 bits per heavy atom. The summed E-state index contributed by atoms with van der Waals surface area (Å²) in [5.74, 6) is -0.164. The standard InChI is InChI=1S/C21H18N4O/c1-14-13-15(2)25(24-14)18-10-8-17(9-11-18)21(26)23-19-7-3-5-16-6-4-12-22-20(16)19/h3-13H,1-2H3,(H,23,26). The number of aromatic nitrogens is 3. The molecular formula is C21H18N4O. The van der Waals surface area contributed by atoms with Crippen molar-refractivity contribution in [3.8, 4) is 5.69 Å². The van der Waals surface area contributed by atoms with E-state index in [0.717, 1.165) is 28.0 Å². The van der Waals surface area contributed by atoms with Gasteiger partial charge in [0.2, 0.25) is 0 Å². The molecule has 5 nitrogen and oxygen atoms in total. The van der Waals surface area contributed by atoms with Crippen molar-refractivity contribution in [3.63, 3.8) is 0 Å². The van der Waals surface area contributed by atoms with Crippen LogP contribution in [-0.4, -0.2) is 20.7 Å². The van der Waals surface area contributed by atoms with E-state index in [1.54, 1.807) is 18.3 Å². The van der Waals surface area contributed by atoms with Gasteiger partial charge in [0.15, 0.2) is 0 Å². The molecule has 0 atom stereocenters. The van der Waals surface area contributed by atoms with Crippen LogP contribution in [0.1, 0.15) is 21.7 Å². The Kier molecular flexibility index (Phi) is 3.97. The normalized spacial score (nSPS) is 10.8. The van der Waals surface area contributed by atoms with Gasteiger partial charge in [-0.15, -0.1) is 0 Å². The molecule has 0 spiro atoms. The number of anilines is 1. The van der Waals surface area contributed by atoms with Gasteiger partial charge >= 0.3 is 0 Å². The summed E-state index contributed by atoms with van der Waals surface area (Å²) in [5.41, 5.74) is 5.02. The lowest BCUT2D eigenvalue weighted by Crippen LogP contribution is -2.12. The van der Waals surface area contributed by atoms with Gasteiger partial charge in [0.05, 0.1) is 22.6 Å². The fraction of sp³-hybridized carbons (Fsp3) is 0.0952. The summed E-state index contributed by atoms with van der Waals surface area (Å²) in [6.45, 7) is 3.97. The number of amides is 1. The average Bonchev–Trinajstić information content (AvgIpc) is 3.00. The summed E-state index contributed by atoms with van der Waals surface area (Å²) in [6.07, 6.45) is 1.72. The van der Waals surface area contributed by atoms with Crippen LogP contribution < -0.4 is 5.32 Å². The zero-order valence-corrected chi connectivity index (χ0v) is 14.6. The molecule has 2 aromatic heterocycles. The predicted molar refractivity (Wildman–Crippen MR) is 103 cm³/mol. The van der Waals surface area contributed by atoms with Crippen LogP contribution in [0.15, 0.2) is 66.9 Å². The van der Waals surface area contributed by atoms with E-state index in [1.165, 1.54) is 0 Å². The molecule has 0 aliphatic rings. The summed E-state index contributed by atoms with van der Waals surface area (Å²) in [6, 6.07) is 19.0. The molecule has 0 aliphatic heterocycles. The Labute approximate surface area is 151 Å². The number of para-hydroxylation sites is 1. The molecule has 2 heterocycles. The van der Waals surface area contributed by atoms with E-state index < -0.39 is 0 Å². The Balaban J connectivity index is 1.59. The number of carbonyl (C=O) groups excluding carboxylic acids is 1. The summed E-state index contributed by atoms with van der Waals surface area (Å²) < 4.78 is 1.87. The van der Waals surface area contributed by atoms with E-state index >= 15 is 0 Å². The molecule has 1 N–H and O–H groups in total. The van der Waals surface area contributed by atoms with Gasteiger partial charge in [0, 0.05) is 22.8 Å². The van der Waals surface area contributed by atoms with Gasteiger partial charge < -0.3 is 5.32 Å². The number of nitrogens with zero attached hydrogens (tertiary/aromatic N) is 3. The molecule has 4 aromatic rings. The van der Waals surface area contributed by atoms with Crippen molar-refractivity contribution in [2.45, 2.75) is 13.8 Å². The highest BCUT2D eigenvalue weighted by molar-refractivity contribution is 6.08. The first kappa shape index (κ1) is 16.0. The largest absolute Gasteiger partial charge is 0.320 e. The van der Waals surface area contributed by atoms with E-state index in [4.69, 9.17) is 0 Å². The molecule has 0 saturated heterocycles. The fourth-order valence-electron chi connectivity index (χ4n) is 3.04. The number of hydrogen-bond acceptors (Lipinski definition) is 3. The quantitative estimate of drug-likeness (QED) is 0.604. The molecule has 128 valence electrons. The van der Waals surface area contributed by atoms with E-state index in [2.05, 4.69) is 15.4 Å². The molecule has 4 rings (SSSR count). The summed E-state index contributed by atoms with van der Waals surface area (Å²) in [5, 5.41) is 8.41. The Morgan fingerprint density at radius 2 is 1.77 bits per heavy atom. The third kappa shape index (κ3) is 2.95. The second-order valence-corrected chi connectivity index (χ2v) is 6.22. The van der Waals surface area contributed by atoms with Crippen LogP contribution in [0.4, 0.5) is 5.69 Å². The Bertz CT molecular complexity index is 1090. The van der Waals surface area contributed by atoms with Crippen molar-refractivity contribution in [1.29, 1.82) is 0 Å². The van der Waals surface area contributed by atoms with Crippen molar-refractivity contribution in [3.05, 3.63) is 83.8 Å². The lowest BCUT2D eigenvalue weighted by atomic mass is 10.1. The van der Waals surface area contributed by atoms with Gasteiger partial charge in [0.25, 0.3) is 5.91 Å². The Morgan fingerprint density at radius 1 is 1.00 bits per heavy atom. The van der Waals surface area contributed by atoms with Gasteiger partial charge in [-0.1, -0.05) is 18.2 Å². The van der Waals surface area contributed by atoms with Gasteiger partial charge in [-0.3, -0.25) is 9.78 Å². The third-order valence-corrected chi connectivity index (χ3v) is 4.26. The number of rotatable bonds is 3. The monoisotopic (exact) mass is 342 g/mol. The number of aryl methyl sites for hydroxylation is 2. The first-order valence-electron chi connectivity index (χ1n) is 8.40. The second-order valence-electron chi connectivity index (χ2n) is 6.22. The highest BCUT2D eigenvalue weighted by Gasteiger charge is 2.10. The van der Waals surface area contributed by atoms with Crippen LogP contribution in [0, 0.1) is 13.8 Å². The van der Waals surface area contributed by atoms with Crippen LogP contribution in [0.3, 0.4) is 0 Å². The number of pyridine rings is 1. The van der Waals surface area contributed by atoms with Crippen molar-refractivity contribution in [1.82, 2.24) is 14.8 Å². The van der Waals surface area contributed by atoms with E-state index in [0.29, 0.717) is 11.3 Å². The first-order chi connectivity index (χ1) is 12.6. The molecule has 0 bridgehead atoms. The maximum atomic E-state index is 12.6. The highest BCUT2D eigenvalue weighted by Crippen LogP contribution is 2.21. The predicted octanol–water partition coefficient (Wildman–Crippen LogP) is 4.29. The smallest absolute Gasteiger partial charge is 0.255 e. The minimum Gasteiger partial charge on any atom is -0.320 e. The zero-order valence-electron chi connectivity index (χ0n) is 14.6. The minimum atomic E-state index is -0.164. The number of hydrogen-bond donors (Lipinski definition) is 1. The van der Waals surface area contributed by atoms with E-state index in [-0.39, 0.29) is 5.91 Å². The van der Waals surface area contributed by atoms with Crippen molar-refractivity contribution in [2.24, 2.45) is 0 Å². The van der Waals surface area contributed by atoms with Crippen molar-refractivity contribution in [2.75, 3.05) is 5.32 Å². The molecule has 0 fully saturated rings. The fourth-order valence-corrected chi connectivity index (χ4v) is 3.04. The van der Waals surface area contributed by atoms with Gasteiger partial charge in [-0.25, -0.2) is 4.68 Å². The lowest BCUT2D eigenvalue weighted by Gasteiger charge is -2.09. The lowest BCUT2D eigenvalue weighted by molar-refractivity contribution is 0.102. The molecule has 1 amide bonds. The number of benzene rings is 2. The molecule has 2 aromatic carbocycles. The van der Waals surface area contributed by atoms with Crippen LogP contribution >= 0.6 is 0 Å². The van der Waals surface area contributed by atoms with Gasteiger partial charge in [-0.05, 0) is 56.3 Å². The summed E-state index contributed by atoms with van der Waals surface area (Å²) in [4.78, 5) is 17.0. The third-order valence-electron chi connectivity index (χ3n) is 4.26. The maximum Gasteiger partial charge on any atom is 0.255 e. The van der Waals surface area contributed by atoms with Crippen molar-refractivity contribution >= 4 is 22.5 Å². The molecule has 0 unspecified atom stereocenters. The van der Waals surface area contributed by atoms with Crippen molar-refractivity contribution < 1.29 is 4.79 Å². The van der Waals surface area contributed by atoms with Crippen LogP contribution in [0.2, 0.25) is 0 Å². The average molecular weight is 342 g/mol. The number of fused-ring (bicyclic) bond motifs is 1. The Hall–Kier alpha value is -3.47. The molecule has 0 radical (unpaired) electrons. The molecule has 26 heavy (non-hydrogen) atoms. The topological polar surface area (TPSA) is 59.8 Å². The highest BCUT2D eigenvalue weighted by atomic mass is 16.1. The van der Waals surface area contributed by atoms with Crippen LogP contribution in [-0.2, 0) is 0 Å². The second kappa shape index (κ2) is 6.44. The summed E-state index contributed by atoms with van der Waals surface area (Å²) >= 11 is 0. The van der Waals surface area contributed by atoms with Crippen LogP contribution in [0.25, 0.3) is 16.6 Å². The van der Waals surface area contributed by atoms with Gasteiger partial charge in [0.1, 0.15) is 0 Å². The number of nitrogens with one attached hydrogen (secondary N) is 1. The van der Waals surface area contributed by atoms with E-state index in [9.17, 15) is 4.79 Å².